The summed E-state index contributed by atoms with van der Waals surface area (Å²) in [5.74, 6) is 0. The van der Waals surface area contributed by atoms with Gasteiger partial charge in [-0.2, -0.15) is 15.5 Å². The predicted molar refractivity (Wildman–Crippen MR) is 60.8 cm³/mol. The highest BCUT2D eigenvalue weighted by molar-refractivity contribution is 5.58. The van der Waals surface area contributed by atoms with Gasteiger partial charge in [0, 0.05) is 0 Å². The average Bonchev–Trinajstić information content (AvgIpc) is 2.90. The third kappa shape index (κ3) is 1.43. The molecule has 2 bridgehead atoms. The normalized spacial score (nSPS) is 25.8. The van der Waals surface area contributed by atoms with E-state index >= 15 is 0 Å². The highest BCUT2D eigenvalue weighted by Gasteiger charge is 2.35. The summed E-state index contributed by atoms with van der Waals surface area (Å²) in [6, 6.07) is 10.4. The van der Waals surface area contributed by atoms with Crippen molar-refractivity contribution in [3.8, 4) is 6.07 Å². The molecule has 3 nitrogen and oxygen atoms in total. The van der Waals surface area contributed by atoms with Crippen molar-refractivity contribution in [2.45, 2.75) is 24.9 Å². The van der Waals surface area contributed by atoms with Crippen molar-refractivity contribution in [2.24, 2.45) is 10.2 Å². The third-order valence-electron chi connectivity index (χ3n) is 3.20. The Morgan fingerprint density at radius 1 is 1.12 bits per heavy atom. The quantitative estimate of drug-likeness (QED) is 0.701. The molecule has 78 valence electrons. The summed E-state index contributed by atoms with van der Waals surface area (Å²) >= 11 is 0. The van der Waals surface area contributed by atoms with Gasteiger partial charge in [0.15, 0.2) is 0 Å². The van der Waals surface area contributed by atoms with E-state index in [1.165, 1.54) is 5.57 Å². The second kappa shape index (κ2) is 3.57. The Bertz CT molecular complexity index is 489. The molecule has 0 N–H and O–H groups in total. The number of fused-ring (bicyclic) bond motifs is 2. The van der Waals surface area contributed by atoms with Gasteiger partial charge in [-0.15, -0.1) is 0 Å². The summed E-state index contributed by atoms with van der Waals surface area (Å²) in [7, 11) is 0. The maximum atomic E-state index is 8.71. The molecule has 2 atom stereocenters. The molecule has 3 rings (SSSR count). The fourth-order valence-electron chi connectivity index (χ4n) is 2.32. The number of azo groups is 1. The number of benzene rings is 1. The summed E-state index contributed by atoms with van der Waals surface area (Å²) in [4.78, 5) is 0. The van der Waals surface area contributed by atoms with Crippen LogP contribution in [0.5, 0.6) is 0 Å². The first-order chi connectivity index (χ1) is 7.86. The van der Waals surface area contributed by atoms with E-state index < -0.39 is 0 Å². The van der Waals surface area contributed by atoms with Crippen molar-refractivity contribution >= 4 is 6.08 Å². The molecule has 1 saturated carbocycles. The smallest absolute Gasteiger partial charge is 0.0991 e. The molecule has 2 unspecified atom stereocenters. The lowest BCUT2D eigenvalue weighted by Crippen LogP contribution is -1.98. The number of nitriles is 1. The van der Waals surface area contributed by atoms with Crippen LogP contribution in [0.2, 0.25) is 0 Å². The lowest BCUT2D eigenvalue weighted by atomic mass is 10.0. The van der Waals surface area contributed by atoms with Gasteiger partial charge in [-0.3, -0.25) is 0 Å². The Labute approximate surface area is 94.1 Å². The molecular weight excluding hydrogens is 198 g/mol. The van der Waals surface area contributed by atoms with Crippen LogP contribution < -0.4 is 0 Å². The van der Waals surface area contributed by atoms with Gasteiger partial charge in [0.2, 0.25) is 0 Å². The molecule has 1 fully saturated rings. The van der Waals surface area contributed by atoms with Crippen LogP contribution in [0, 0.1) is 11.3 Å². The van der Waals surface area contributed by atoms with Crippen LogP contribution in [0.4, 0.5) is 0 Å². The Morgan fingerprint density at radius 2 is 1.75 bits per heavy atom. The van der Waals surface area contributed by atoms with E-state index in [1.54, 1.807) is 0 Å². The van der Waals surface area contributed by atoms with Crippen LogP contribution >= 0.6 is 0 Å². The maximum Gasteiger partial charge on any atom is 0.0991 e. The Kier molecular flexibility index (Phi) is 2.07. The second-order valence-electron chi connectivity index (χ2n) is 4.22. The van der Waals surface area contributed by atoms with Gasteiger partial charge in [0.05, 0.1) is 23.7 Å². The van der Waals surface area contributed by atoms with E-state index in [0.717, 1.165) is 18.4 Å². The molecule has 2 aliphatic rings. The van der Waals surface area contributed by atoms with Crippen LogP contribution in [-0.4, -0.2) is 12.1 Å². The molecule has 1 aromatic carbocycles. The molecule has 16 heavy (non-hydrogen) atoms. The molecule has 0 saturated heterocycles. The van der Waals surface area contributed by atoms with Gasteiger partial charge in [0.25, 0.3) is 0 Å². The van der Waals surface area contributed by atoms with Gasteiger partial charge in [-0.25, -0.2) is 0 Å². The zero-order chi connectivity index (χ0) is 11.0. The second-order valence-corrected chi connectivity index (χ2v) is 4.22. The summed E-state index contributed by atoms with van der Waals surface area (Å²) in [6.45, 7) is 0. The van der Waals surface area contributed by atoms with Crippen LogP contribution in [0.25, 0.3) is 6.08 Å². The van der Waals surface area contributed by atoms with Gasteiger partial charge in [-0.1, -0.05) is 18.2 Å². The van der Waals surface area contributed by atoms with Crippen LogP contribution in [0.1, 0.15) is 24.0 Å². The molecule has 1 aliphatic carbocycles. The minimum atomic E-state index is 0.320. The van der Waals surface area contributed by atoms with Crippen molar-refractivity contribution < 1.29 is 0 Å². The molecule has 0 spiro atoms. The molecule has 1 aromatic rings. The molecule has 0 amide bonds. The predicted octanol–water partition coefficient (Wildman–Crippen LogP) is 2.94. The highest BCUT2D eigenvalue weighted by atomic mass is 15.2. The third-order valence-corrected chi connectivity index (χ3v) is 3.20. The molecule has 0 aromatic heterocycles. The molecule has 3 heteroatoms. The Morgan fingerprint density at radius 3 is 2.25 bits per heavy atom. The zero-order valence-electron chi connectivity index (χ0n) is 8.80. The SMILES string of the molecule is N#Cc1ccc(C=C2C3CCC2N=N3)cc1. The average molecular weight is 209 g/mol. The number of hydrogen-bond donors (Lipinski definition) is 0. The standard InChI is InChI=1S/C13H11N3/c14-8-10-3-1-9(2-4-10)7-11-12-5-6-13(11)16-15-12/h1-4,7,12-13H,5-6H2. The first-order valence-electron chi connectivity index (χ1n) is 5.48. The zero-order valence-corrected chi connectivity index (χ0v) is 8.80. The van der Waals surface area contributed by atoms with E-state index in [2.05, 4.69) is 22.4 Å². The van der Waals surface area contributed by atoms with Crippen molar-refractivity contribution in [3.63, 3.8) is 0 Å². The monoisotopic (exact) mass is 209 g/mol. The maximum absolute atomic E-state index is 8.71. The van der Waals surface area contributed by atoms with Gasteiger partial charge in [-0.05, 0) is 36.1 Å². The summed E-state index contributed by atoms with van der Waals surface area (Å²) < 4.78 is 0. The van der Waals surface area contributed by atoms with E-state index in [-0.39, 0.29) is 0 Å². The fourth-order valence-corrected chi connectivity index (χ4v) is 2.32. The molecule has 1 aliphatic heterocycles. The van der Waals surface area contributed by atoms with Crippen LogP contribution in [0.15, 0.2) is 40.1 Å². The minimum Gasteiger partial charge on any atom is -0.192 e. The van der Waals surface area contributed by atoms with Crippen molar-refractivity contribution in [1.29, 1.82) is 5.26 Å². The lowest BCUT2D eigenvalue weighted by Gasteiger charge is -2.01. The van der Waals surface area contributed by atoms with E-state index in [1.807, 2.05) is 24.3 Å². The highest BCUT2D eigenvalue weighted by Crippen LogP contribution is 2.37. The summed E-state index contributed by atoms with van der Waals surface area (Å²) in [5.41, 5.74) is 3.17. The van der Waals surface area contributed by atoms with Gasteiger partial charge >= 0.3 is 0 Å². The minimum absolute atomic E-state index is 0.320. The summed E-state index contributed by atoms with van der Waals surface area (Å²) in [5, 5.41) is 17.2. The first kappa shape index (κ1) is 9.29. The van der Waals surface area contributed by atoms with E-state index in [4.69, 9.17) is 5.26 Å². The van der Waals surface area contributed by atoms with Crippen molar-refractivity contribution in [3.05, 3.63) is 41.0 Å². The van der Waals surface area contributed by atoms with Crippen LogP contribution in [-0.2, 0) is 0 Å². The van der Waals surface area contributed by atoms with Crippen molar-refractivity contribution in [1.82, 2.24) is 0 Å². The lowest BCUT2D eigenvalue weighted by molar-refractivity contribution is 0.643. The number of rotatable bonds is 1. The van der Waals surface area contributed by atoms with Gasteiger partial charge < -0.3 is 0 Å². The summed E-state index contributed by atoms with van der Waals surface area (Å²) in [6.07, 6.45) is 4.44. The molecular formula is C13H11N3. The van der Waals surface area contributed by atoms with Gasteiger partial charge in [0.1, 0.15) is 0 Å². The van der Waals surface area contributed by atoms with Crippen molar-refractivity contribution in [2.75, 3.05) is 0 Å². The number of nitrogens with zero attached hydrogens (tertiary/aromatic N) is 3. The Hall–Kier alpha value is -1.95. The van der Waals surface area contributed by atoms with E-state index in [0.29, 0.717) is 17.6 Å². The number of hydrogen-bond acceptors (Lipinski definition) is 3. The topological polar surface area (TPSA) is 48.5 Å². The first-order valence-corrected chi connectivity index (χ1v) is 5.48. The molecule has 0 radical (unpaired) electrons. The van der Waals surface area contributed by atoms with Crippen LogP contribution in [0.3, 0.4) is 0 Å². The van der Waals surface area contributed by atoms with E-state index in [9.17, 15) is 0 Å². The fraction of sp³-hybridized carbons (Fsp3) is 0.308. The Balaban J connectivity index is 1.90. The largest absolute Gasteiger partial charge is 0.192 e. The molecule has 1 heterocycles.